The number of thioether (sulfide) groups is 1. The van der Waals surface area contributed by atoms with Crippen LogP contribution in [-0.2, 0) is 14.6 Å². The molecule has 0 spiro atoms. The summed E-state index contributed by atoms with van der Waals surface area (Å²) in [7, 11) is -1.51. The number of rotatable bonds is 4. The predicted molar refractivity (Wildman–Crippen MR) is 101 cm³/mol. The lowest BCUT2D eigenvalue weighted by molar-refractivity contribution is -0.121. The molecule has 0 bridgehead atoms. The molecule has 1 aromatic carbocycles. The lowest BCUT2D eigenvalue weighted by Gasteiger charge is -2.26. The molecule has 2 saturated heterocycles. The number of hydrogen-bond donors (Lipinski definition) is 0. The molecule has 136 valence electrons. The van der Waals surface area contributed by atoms with Crippen molar-refractivity contribution in [3.63, 3.8) is 0 Å². The van der Waals surface area contributed by atoms with Crippen LogP contribution >= 0.6 is 11.8 Å². The predicted octanol–water partition coefficient (Wildman–Crippen LogP) is 2.34. The molecule has 2 fully saturated rings. The Hall–Kier alpha value is -1.54. The fourth-order valence-corrected chi connectivity index (χ4v) is 6.97. The highest BCUT2D eigenvalue weighted by Gasteiger charge is 2.50. The van der Waals surface area contributed by atoms with Gasteiger partial charge in [-0.1, -0.05) is 37.7 Å². The number of carbonyl (C=O) groups excluding carboxylic acids is 1. The molecule has 8 heteroatoms. The molecule has 0 aromatic heterocycles. The number of para-hydroxylation sites is 2. The molecule has 25 heavy (non-hydrogen) atoms. The van der Waals surface area contributed by atoms with Crippen molar-refractivity contribution in [1.29, 1.82) is 0 Å². The van der Waals surface area contributed by atoms with Crippen LogP contribution in [0.25, 0.3) is 0 Å². The van der Waals surface area contributed by atoms with Crippen molar-refractivity contribution >= 4 is 38.4 Å². The third-order valence-electron chi connectivity index (χ3n) is 4.65. The van der Waals surface area contributed by atoms with Crippen LogP contribution in [0.4, 0.5) is 5.69 Å². The third-order valence-corrected chi connectivity index (χ3v) is 7.86. The van der Waals surface area contributed by atoms with Gasteiger partial charge in [0, 0.05) is 11.2 Å². The van der Waals surface area contributed by atoms with Crippen LogP contribution < -0.4 is 9.64 Å². The first kappa shape index (κ1) is 18.3. The first-order valence-corrected chi connectivity index (χ1v) is 11.0. The van der Waals surface area contributed by atoms with Crippen LogP contribution in [0.5, 0.6) is 5.75 Å². The highest BCUT2D eigenvalue weighted by atomic mass is 32.2. The van der Waals surface area contributed by atoms with Crippen LogP contribution in [0, 0.1) is 5.92 Å². The maximum atomic E-state index is 12.3. The molecule has 2 aliphatic rings. The summed E-state index contributed by atoms with van der Waals surface area (Å²) in [6.45, 7) is 3.80. The maximum Gasteiger partial charge on any atom is 0.250 e. The number of anilines is 1. The number of fused-ring (bicyclic) bond motifs is 1. The van der Waals surface area contributed by atoms with E-state index in [1.165, 1.54) is 11.8 Å². The summed E-state index contributed by atoms with van der Waals surface area (Å²) in [5.41, 5.74) is 0.748. The molecule has 2 heterocycles. The van der Waals surface area contributed by atoms with E-state index in [4.69, 9.17) is 4.74 Å². The Morgan fingerprint density at radius 3 is 2.80 bits per heavy atom. The molecule has 2 aliphatic heterocycles. The normalized spacial score (nSPS) is 27.3. The quantitative estimate of drug-likeness (QED) is 0.796. The molecule has 0 saturated carbocycles. The lowest BCUT2D eigenvalue weighted by atomic mass is 10.1. The van der Waals surface area contributed by atoms with Gasteiger partial charge in [-0.05, 0) is 18.6 Å². The SMILES string of the molecule is CC[C@H](C)C(=O)N=C1S[C@@H]2CS(=O)(=O)C[C@@H]2N1c1ccccc1OC. The van der Waals surface area contributed by atoms with Crippen LogP contribution in [0.2, 0.25) is 0 Å². The summed E-state index contributed by atoms with van der Waals surface area (Å²) in [6, 6.07) is 7.19. The first-order chi connectivity index (χ1) is 11.9. The summed E-state index contributed by atoms with van der Waals surface area (Å²) in [6.07, 6.45) is 0.718. The van der Waals surface area contributed by atoms with Gasteiger partial charge in [-0.2, -0.15) is 4.99 Å². The summed E-state index contributed by atoms with van der Waals surface area (Å²) in [4.78, 5) is 18.5. The Morgan fingerprint density at radius 2 is 2.12 bits per heavy atom. The molecule has 0 N–H and O–H groups in total. The van der Waals surface area contributed by atoms with Crippen LogP contribution in [0.1, 0.15) is 20.3 Å². The molecular weight excluding hydrogens is 360 g/mol. The standard InChI is InChI=1S/C17H22N2O4S2/c1-4-11(2)16(20)18-17-19(12-7-5-6-8-14(12)23-3)13-9-25(21,22)10-15(13)24-17/h5-8,11,13,15H,4,9-10H2,1-3H3/t11-,13-,15+/m0/s1. The molecule has 1 amide bonds. The van der Waals surface area contributed by atoms with Gasteiger partial charge < -0.3 is 9.64 Å². The number of methoxy groups -OCH3 is 1. The largest absolute Gasteiger partial charge is 0.495 e. The van der Waals surface area contributed by atoms with E-state index in [0.29, 0.717) is 10.9 Å². The van der Waals surface area contributed by atoms with Gasteiger partial charge in [0.2, 0.25) is 0 Å². The zero-order valence-corrected chi connectivity index (χ0v) is 16.1. The number of hydrogen-bond acceptors (Lipinski definition) is 5. The van der Waals surface area contributed by atoms with Gasteiger partial charge in [0.05, 0.1) is 30.3 Å². The van der Waals surface area contributed by atoms with Crippen molar-refractivity contribution < 1.29 is 17.9 Å². The van der Waals surface area contributed by atoms with Gasteiger partial charge in [-0.3, -0.25) is 4.79 Å². The van der Waals surface area contributed by atoms with Crippen molar-refractivity contribution in [2.75, 3.05) is 23.5 Å². The van der Waals surface area contributed by atoms with Crippen molar-refractivity contribution in [1.82, 2.24) is 0 Å². The van der Waals surface area contributed by atoms with Gasteiger partial charge in [0.25, 0.3) is 5.91 Å². The maximum absolute atomic E-state index is 12.3. The molecule has 0 radical (unpaired) electrons. The summed E-state index contributed by atoms with van der Waals surface area (Å²) in [5, 5.41) is 0.457. The van der Waals surface area contributed by atoms with E-state index < -0.39 is 9.84 Å². The number of aliphatic imine (C=N–C) groups is 1. The fraction of sp³-hybridized carbons (Fsp3) is 0.529. The number of ether oxygens (including phenoxy) is 1. The molecule has 6 nitrogen and oxygen atoms in total. The van der Waals surface area contributed by atoms with Crippen molar-refractivity contribution in [2.45, 2.75) is 31.6 Å². The zero-order valence-electron chi connectivity index (χ0n) is 14.5. The zero-order chi connectivity index (χ0) is 18.2. The number of sulfone groups is 1. The number of amidine groups is 1. The van der Waals surface area contributed by atoms with Gasteiger partial charge in [0.15, 0.2) is 15.0 Å². The average Bonchev–Trinajstić information content (AvgIpc) is 3.04. The van der Waals surface area contributed by atoms with Crippen molar-refractivity contribution in [3.05, 3.63) is 24.3 Å². The van der Waals surface area contributed by atoms with E-state index in [2.05, 4.69) is 4.99 Å². The number of benzene rings is 1. The Bertz CT molecular complexity index is 807. The topological polar surface area (TPSA) is 76.0 Å². The number of amides is 1. The molecule has 1 aromatic rings. The monoisotopic (exact) mass is 382 g/mol. The minimum absolute atomic E-state index is 0.0687. The molecular formula is C17H22N2O4S2. The van der Waals surface area contributed by atoms with E-state index in [1.54, 1.807) is 7.11 Å². The van der Waals surface area contributed by atoms with Gasteiger partial charge in [-0.15, -0.1) is 0 Å². The Labute approximate surface area is 152 Å². The van der Waals surface area contributed by atoms with Gasteiger partial charge in [0.1, 0.15) is 5.75 Å². The smallest absolute Gasteiger partial charge is 0.250 e. The van der Waals surface area contributed by atoms with Crippen molar-refractivity contribution in [3.8, 4) is 5.75 Å². The van der Waals surface area contributed by atoms with E-state index in [-0.39, 0.29) is 34.6 Å². The molecule has 0 aliphatic carbocycles. The lowest BCUT2D eigenvalue weighted by Crippen LogP contribution is -2.38. The van der Waals surface area contributed by atoms with E-state index in [9.17, 15) is 13.2 Å². The van der Waals surface area contributed by atoms with Gasteiger partial charge in [-0.25, -0.2) is 8.42 Å². The second kappa shape index (κ2) is 6.99. The molecule has 3 atom stereocenters. The van der Waals surface area contributed by atoms with E-state index in [0.717, 1.165) is 12.1 Å². The summed E-state index contributed by atoms with van der Waals surface area (Å²) in [5.74, 6) is 0.491. The van der Waals surface area contributed by atoms with Crippen molar-refractivity contribution in [2.24, 2.45) is 10.9 Å². The van der Waals surface area contributed by atoms with Gasteiger partial charge >= 0.3 is 0 Å². The second-order valence-electron chi connectivity index (χ2n) is 6.38. The highest BCUT2D eigenvalue weighted by molar-refractivity contribution is 8.16. The second-order valence-corrected chi connectivity index (χ2v) is 9.74. The number of nitrogens with zero attached hydrogens (tertiary/aromatic N) is 2. The Kier molecular flexibility index (Phi) is 5.11. The summed E-state index contributed by atoms with van der Waals surface area (Å²) >= 11 is 1.38. The van der Waals surface area contributed by atoms with E-state index in [1.807, 2.05) is 43.0 Å². The summed E-state index contributed by atoms with van der Waals surface area (Å²) < 4.78 is 29.6. The minimum atomic E-state index is -3.08. The average molecular weight is 383 g/mol. The Balaban J connectivity index is 2.04. The molecule has 3 rings (SSSR count). The van der Waals surface area contributed by atoms with Crippen LogP contribution in [0.15, 0.2) is 29.3 Å². The number of carbonyl (C=O) groups is 1. The Morgan fingerprint density at radius 1 is 1.40 bits per heavy atom. The fourth-order valence-electron chi connectivity index (χ4n) is 3.05. The highest BCUT2D eigenvalue weighted by Crippen LogP contribution is 2.43. The third kappa shape index (κ3) is 3.55. The van der Waals surface area contributed by atoms with Crippen LogP contribution in [-0.4, -0.2) is 49.4 Å². The minimum Gasteiger partial charge on any atom is -0.495 e. The first-order valence-electron chi connectivity index (χ1n) is 8.28. The van der Waals surface area contributed by atoms with Crippen LogP contribution in [0.3, 0.4) is 0 Å². The molecule has 0 unspecified atom stereocenters. The van der Waals surface area contributed by atoms with E-state index >= 15 is 0 Å².